The molecule has 2 rings (SSSR count). The molecule has 1 aromatic heterocycles. The van der Waals surface area contributed by atoms with Gasteiger partial charge >= 0.3 is 0 Å². The summed E-state index contributed by atoms with van der Waals surface area (Å²) in [7, 11) is 1.77. The number of nitrogens with two attached hydrogens (primary N) is 1. The third-order valence-electron chi connectivity index (χ3n) is 2.91. The summed E-state index contributed by atoms with van der Waals surface area (Å²) in [4.78, 5) is 0. The Morgan fingerprint density at radius 3 is 2.80 bits per heavy atom. The Bertz CT molecular complexity index is 652. The minimum absolute atomic E-state index is 0.00499. The molecule has 0 atom stereocenters. The van der Waals surface area contributed by atoms with Crippen LogP contribution in [0.5, 0.6) is 5.75 Å². The van der Waals surface area contributed by atoms with Gasteiger partial charge in [0.05, 0.1) is 11.3 Å². The minimum Gasteiger partial charge on any atom is -0.488 e. The third kappa shape index (κ3) is 2.70. The van der Waals surface area contributed by atoms with Crippen LogP contribution < -0.4 is 10.5 Å². The Morgan fingerprint density at radius 2 is 2.20 bits per heavy atom. The van der Waals surface area contributed by atoms with Crippen molar-refractivity contribution in [1.82, 2.24) is 9.78 Å². The molecule has 1 aromatic carbocycles. The molecule has 0 aliphatic rings. The summed E-state index contributed by atoms with van der Waals surface area (Å²) in [6.45, 7) is 2.12. The molecule has 0 fully saturated rings. The zero-order chi connectivity index (χ0) is 14.7. The molecule has 0 amide bonds. The predicted molar refractivity (Wildman–Crippen MR) is 76.2 cm³/mol. The maximum Gasteiger partial charge on any atom is 0.173 e. The van der Waals surface area contributed by atoms with E-state index in [2.05, 4.69) is 10.3 Å². The quantitative estimate of drug-likeness (QED) is 0.391. The summed E-state index contributed by atoms with van der Waals surface area (Å²) < 4.78 is 7.30. The van der Waals surface area contributed by atoms with Crippen LogP contribution in [0.25, 0.3) is 0 Å². The van der Waals surface area contributed by atoms with Crippen LogP contribution in [0.15, 0.2) is 29.4 Å². The highest BCUT2D eigenvalue weighted by Crippen LogP contribution is 2.23. The zero-order valence-electron chi connectivity index (χ0n) is 11.2. The summed E-state index contributed by atoms with van der Waals surface area (Å²) in [5.41, 5.74) is 7.74. The standard InChI is InChI=1S/C13H15ClN4O2/c1-8-10(12(14)18(2)16-8)7-20-11-6-4-3-5-9(11)13(15)17-19/h3-6,19H,7H2,1-2H3,(H2,15,17). The molecule has 20 heavy (non-hydrogen) atoms. The fraction of sp³-hybridized carbons (Fsp3) is 0.231. The normalized spacial score (nSPS) is 11.7. The van der Waals surface area contributed by atoms with Crippen molar-refractivity contribution in [1.29, 1.82) is 0 Å². The first-order valence-electron chi connectivity index (χ1n) is 5.92. The largest absolute Gasteiger partial charge is 0.488 e. The lowest BCUT2D eigenvalue weighted by Gasteiger charge is -2.10. The number of aryl methyl sites for hydroxylation is 2. The van der Waals surface area contributed by atoms with E-state index in [1.54, 1.807) is 36.0 Å². The number of ether oxygens (including phenoxy) is 1. The number of rotatable bonds is 4. The highest BCUT2D eigenvalue weighted by molar-refractivity contribution is 6.30. The monoisotopic (exact) mass is 294 g/mol. The van der Waals surface area contributed by atoms with Gasteiger partial charge < -0.3 is 15.7 Å². The van der Waals surface area contributed by atoms with Crippen LogP contribution in [-0.2, 0) is 13.7 Å². The predicted octanol–water partition coefficient (Wildman–Crippen LogP) is 2.06. The van der Waals surface area contributed by atoms with Gasteiger partial charge in [0.15, 0.2) is 5.84 Å². The first-order chi connectivity index (χ1) is 9.54. The summed E-state index contributed by atoms with van der Waals surface area (Å²) in [6.07, 6.45) is 0. The molecular formula is C13H15ClN4O2. The Morgan fingerprint density at radius 1 is 1.50 bits per heavy atom. The molecule has 0 bridgehead atoms. The van der Waals surface area contributed by atoms with Crippen LogP contribution in [0, 0.1) is 6.92 Å². The molecule has 0 saturated carbocycles. The maximum atomic E-state index is 8.76. The Kier molecular flexibility index (Phi) is 4.14. The van der Waals surface area contributed by atoms with E-state index in [1.807, 2.05) is 6.92 Å². The second-order valence-corrected chi connectivity index (χ2v) is 4.61. The van der Waals surface area contributed by atoms with Crippen LogP contribution in [-0.4, -0.2) is 20.8 Å². The topological polar surface area (TPSA) is 85.7 Å². The lowest BCUT2D eigenvalue weighted by molar-refractivity contribution is 0.302. The van der Waals surface area contributed by atoms with Crippen LogP contribution >= 0.6 is 11.6 Å². The van der Waals surface area contributed by atoms with Crippen molar-refractivity contribution in [2.24, 2.45) is 17.9 Å². The highest BCUT2D eigenvalue weighted by atomic mass is 35.5. The number of hydrogen-bond acceptors (Lipinski definition) is 4. The van der Waals surface area contributed by atoms with Crippen LogP contribution in [0.2, 0.25) is 5.15 Å². The average Bonchev–Trinajstić information content (AvgIpc) is 2.70. The first kappa shape index (κ1) is 14.2. The van der Waals surface area contributed by atoms with Crippen LogP contribution in [0.4, 0.5) is 0 Å². The van der Waals surface area contributed by atoms with Gasteiger partial charge in [-0.05, 0) is 19.1 Å². The van der Waals surface area contributed by atoms with Crippen molar-refractivity contribution >= 4 is 17.4 Å². The molecule has 2 aromatic rings. The van der Waals surface area contributed by atoms with Crippen molar-refractivity contribution in [2.75, 3.05) is 0 Å². The second kappa shape index (κ2) is 5.83. The van der Waals surface area contributed by atoms with E-state index in [0.29, 0.717) is 16.5 Å². The number of halogens is 1. The Labute approximate surface area is 121 Å². The third-order valence-corrected chi connectivity index (χ3v) is 3.39. The zero-order valence-corrected chi connectivity index (χ0v) is 11.9. The number of para-hydroxylation sites is 1. The van der Waals surface area contributed by atoms with E-state index in [9.17, 15) is 0 Å². The lowest BCUT2D eigenvalue weighted by atomic mass is 10.2. The number of hydrogen-bond donors (Lipinski definition) is 2. The van der Waals surface area contributed by atoms with Gasteiger partial charge in [-0.25, -0.2) is 0 Å². The lowest BCUT2D eigenvalue weighted by Crippen LogP contribution is -2.14. The fourth-order valence-corrected chi connectivity index (χ4v) is 2.07. The van der Waals surface area contributed by atoms with Gasteiger partial charge in [0.2, 0.25) is 0 Å². The number of oxime groups is 1. The van der Waals surface area contributed by atoms with E-state index < -0.39 is 0 Å². The molecule has 106 valence electrons. The Balaban J connectivity index is 2.24. The van der Waals surface area contributed by atoms with Gasteiger partial charge in [0.1, 0.15) is 17.5 Å². The van der Waals surface area contributed by atoms with Crippen molar-refractivity contribution in [3.8, 4) is 5.75 Å². The average molecular weight is 295 g/mol. The number of aromatic nitrogens is 2. The van der Waals surface area contributed by atoms with Gasteiger partial charge in [-0.3, -0.25) is 4.68 Å². The first-order valence-corrected chi connectivity index (χ1v) is 6.30. The molecule has 0 aliphatic carbocycles. The Hall–Kier alpha value is -2.21. The molecule has 0 radical (unpaired) electrons. The summed E-state index contributed by atoms with van der Waals surface area (Å²) >= 11 is 6.14. The van der Waals surface area contributed by atoms with E-state index in [-0.39, 0.29) is 12.4 Å². The molecule has 0 saturated heterocycles. The molecular weight excluding hydrogens is 280 g/mol. The highest BCUT2D eigenvalue weighted by Gasteiger charge is 2.13. The van der Waals surface area contributed by atoms with Crippen molar-refractivity contribution in [3.63, 3.8) is 0 Å². The van der Waals surface area contributed by atoms with Crippen molar-refractivity contribution in [3.05, 3.63) is 46.2 Å². The molecule has 1 heterocycles. The summed E-state index contributed by atoms with van der Waals surface area (Å²) in [5, 5.41) is 16.5. The molecule has 7 heteroatoms. The van der Waals surface area contributed by atoms with Gasteiger partial charge in [0.25, 0.3) is 0 Å². The van der Waals surface area contributed by atoms with Gasteiger partial charge in [-0.1, -0.05) is 28.9 Å². The van der Waals surface area contributed by atoms with Crippen molar-refractivity contribution in [2.45, 2.75) is 13.5 Å². The van der Waals surface area contributed by atoms with E-state index in [0.717, 1.165) is 11.3 Å². The van der Waals surface area contributed by atoms with Gasteiger partial charge in [-0.15, -0.1) is 0 Å². The minimum atomic E-state index is -0.00499. The van der Waals surface area contributed by atoms with E-state index >= 15 is 0 Å². The van der Waals surface area contributed by atoms with Crippen molar-refractivity contribution < 1.29 is 9.94 Å². The number of nitrogens with zero attached hydrogens (tertiary/aromatic N) is 3. The molecule has 6 nitrogen and oxygen atoms in total. The van der Waals surface area contributed by atoms with Gasteiger partial charge in [-0.2, -0.15) is 5.10 Å². The number of amidine groups is 1. The molecule has 0 unspecified atom stereocenters. The SMILES string of the molecule is Cc1nn(C)c(Cl)c1COc1ccccc1/C(N)=N/O. The molecule has 0 spiro atoms. The smallest absolute Gasteiger partial charge is 0.173 e. The van der Waals surface area contributed by atoms with E-state index in [1.165, 1.54) is 0 Å². The maximum absolute atomic E-state index is 8.76. The fourth-order valence-electron chi connectivity index (χ4n) is 1.85. The van der Waals surface area contributed by atoms with Crippen LogP contribution in [0.1, 0.15) is 16.8 Å². The second-order valence-electron chi connectivity index (χ2n) is 4.25. The van der Waals surface area contributed by atoms with Gasteiger partial charge in [0, 0.05) is 12.6 Å². The summed E-state index contributed by atoms with van der Waals surface area (Å²) in [6, 6.07) is 7.04. The van der Waals surface area contributed by atoms with Crippen LogP contribution in [0.3, 0.4) is 0 Å². The molecule has 3 N–H and O–H groups in total. The molecule has 0 aliphatic heterocycles. The van der Waals surface area contributed by atoms with E-state index in [4.69, 9.17) is 27.3 Å². The number of benzene rings is 1. The summed E-state index contributed by atoms with van der Waals surface area (Å²) in [5.74, 6) is 0.511.